The average molecular weight is 346 g/mol. The van der Waals surface area contributed by atoms with E-state index in [2.05, 4.69) is 9.71 Å². The Hall–Kier alpha value is -1.19. The Morgan fingerprint density at radius 3 is 2.32 bits per heavy atom. The van der Waals surface area contributed by atoms with Gasteiger partial charge in [-0.25, -0.2) is 26.5 Å². The normalized spacial score (nSPS) is 30.8. The number of pyridine rings is 1. The van der Waals surface area contributed by atoms with Gasteiger partial charge in [-0.05, 0) is 43.2 Å². The van der Waals surface area contributed by atoms with E-state index in [0.29, 0.717) is 12.8 Å². The van der Waals surface area contributed by atoms with Crippen molar-refractivity contribution in [3.8, 4) is 5.75 Å². The predicted molar refractivity (Wildman–Crippen MR) is 79.5 cm³/mol. The Kier molecular flexibility index (Phi) is 3.90. The van der Waals surface area contributed by atoms with Gasteiger partial charge in [0.05, 0.1) is 17.7 Å². The highest BCUT2D eigenvalue weighted by Crippen LogP contribution is 2.36. The topological polar surface area (TPSA) is 113 Å². The molecule has 1 aliphatic heterocycles. The Bertz CT molecular complexity index is 738. The largest absolute Gasteiger partial charge is 0.506 e. The number of nitrogens with one attached hydrogen (secondary N) is 1. The maximum Gasteiger partial charge on any atom is 0.258 e. The van der Waals surface area contributed by atoms with Gasteiger partial charge >= 0.3 is 0 Å². The van der Waals surface area contributed by atoms with Gasteiger partial charge in [0, 0.05) is 6.04 Å². The number of hydrogen-bond acceptors (Lipinski definition) is 6. The maximum atomic E-state index is 12.3. The number of fused-ring (bicyclic) bond motifs is 2. The van der Waals surface area contributed by atoms with Crippen LogP contribution in [-0.2, 0) is 19.9 Å². The van der Waals surface area contributed by atoms with Crippen LogP contribution in [0, 0.1) is 11.8 Å². The SMILES string of the molecule is O=S1(=O)C[C@@H]2CC(NS(=O)(=O)c3ccc(O)cn3)C[C@@H](C2)C1. The minimum Gasteiger partial charge on any atom is -0.506 e. The quantitative estimate of drug-likeness (QED) is 0.813. The first kappa shape index (κ1) is 15.7. The van der Waals surface area contributed by atoms with E-state index in [-0.39, 0.29) is 40.2 Å². The van der Waals surface area contributed by atoms with Crippen molar-refractivity contribution >= 4 is 19.9 Å². The summed E-state index contributed by atoms with van der Waals surface area (Å²) in [5.74, 6) is 0.255. The summed E-state index contributed by atoms with van der Waals surface area (Å²) in [6, 6.07) is 2.25. The third kappa shape index (κ3) is 3.41. The standard InChI is InChI=1S/C13H18N2O5S2/c16-12-1-2-13(14-6-12)22(19,20)15-11-4-9-3-10(5-11)8-21(17,18)7-9/h1-2,6,9-11,15-16H,3-5,7-8H2/t9-,10+,11?. The van der Waals surface area contributed by atoms with E-state index < -0.39 is 19.9 Å². The molecule has 122 valence electrons. The fourth-order valence-electron chi connectivity index (χ4n) is 3.53. The van der Waals surface area contributed by atoms with Crippen LogP contribution in [0.2, 0.25) is 0 Å². The van der Waals surface area contributed by atoms with Gasteiger partial charge in [0.1, 0.15) is 5.75 Å². The zero-order chi connectivity index (χ0) is 16.0. The van der Waals surface area contributed by atoms with Crippen molar-refractivity contribution in [1.29, 1.82) is 0 Å². The van der Waals surface area contributed by atoms with Gasteiger partial charge in [0.15, 0.2) is 14.9 Å². The summed E-state index contributed by atoms with van der Waals surface area (Å²) in [5, 5.41) is 9.02. The molecule has 2 bridgehead atoms. The van der Waals surface area contributed by atoms with E-state index in [1.54, 1.807) is 0 Å². The molecule has 0 spiro atoms. The van der Waals surface area contributed by atoms with Crippen LogP contribution in [0.25, 0.3) is 0 Å². The average Bonchev–Trinajstić information content (AvgIpc) is 2.35. The molecule has 3 atom stereocenters. The molecule has 0 radical (unpaired) electrons. The minimum atomic E-state index is -3.76. The third-order valence-electron chi connectivity index (χ3n) is 4.20. The molecule has 1 saturated carbocycles. The molecule has 2 heterocycles. The zero-order valence-corrected chi connectivity index (χ0v) is 13.5. The van der Waals surface area contributed by atoms with Gasteiger partial charge in [0.25, 0.3) is 10.0 Å². The third-order valence-corrected chi connectivity index (χ3v) is 7.59. The molecule has 22 heavy (non-hydrogen) atoms. The van der Waals surface area contributed by atoms with Gasteiger partial charge in [-0.1, -0.05) is 0 Å². The summed E-state index contributed by atoms with van der Waals surface area (Å²) in [5.41, 5.74) is 0. The summed E-state index contributed by atoms with van der Waals surface area (Å²) in [7, 11) is -6.74. The highest BCUT2D eigenvalue weighted by molar-refractivity contribution is 7.91. The second-order valence-electron chi connectivity index (χ2n) is 6.19. The summed E-state index contributed by atoms with van der Waals surface area (Å²) < 4.78 is 50.7. The molecular weight excluding hydrogens is 328 g/mol. The summed E-state index contributed by atoms with van der Waals surface area (Å²) in [4.78, 5) is 3.71. The first-order valence-electron chi connectivity index (χ1n) is 7.11. The lowest BCUT2D eigenvalue weighted by atomic mass is 9.80. The van der Waals surface area contributed by atoms with Crippen LogP contribution >= 0.6 is 0 Å². The monoisotopic (exact) mass is 346 g/mol. The second-order valence-corrected chi connectivity index (χ2v) is 10.0. The van der Waals surface area contributed by atoms with Gasteiger partial charge < -0.3 is 5.11 Å². The van der Waals surface area contributed by atoms with Crippen LogP contribution in [0.4, 0.5) is 0 Å². The Morgan fingerprint density at radius 2 is 1.77 bits per heavy atom. The molecule has 1 aromatic rings. The van der Waals surface area contributed by atoms with Gasteiger partial charge in [-0.3, -0.25) is 0 Å². The van der Waals surface area contributed by atoms with Crippen LogP contribution in [0.5, 0.6) is 5.75 Å². The number of rotatable bonds is 3. The summed E-state index contributed by atoms with van der Waals surface area (Å²) >= 11 is 0. The number of sulfonamides is 1. The first-order chi connectivity index (χ1) is 10.2. The van der Waals surface area contributed by atoms with Crippen LogP contribution in [0.15, 0.2) is 23.4 Å². The van der Waals surface area contributed by atoms with E-state index in [1.165, 1.54) is 12.1 Å². The van der Waals surface area contributed by atoms with Crippen molar-refractivity contribution in [3.63, 3.8) is 0 Å². The van der Waals surface area contributed by atoms with Gasteiger partial charge in [-0.15, -0.1) is 0 Å². The molecule has 3 rings (SSSR count). The van der Waals surface area contributed by atoms with Gasteiger partial charge in [-0.2, -0.15) is 0 Å². The lowest BCUT2D eigenvalue weighted by molar-refractivity contribution is 0.248. The van der Waals surface area contributed by atoms with Gasteiger partial charge in [0.2, 0.25) is 0 Å². The van der Waals surface area contributed by atoms with E-state index in [9.17, 15) is 16.8 Å². The number of sulfone groups is 1. The van der Waals surface area contributed by atoms with Crippen molar-refractivity contribution in [1.82, 2.24) is 9.71 Å². The number of hydrogen-bond donors (Lipinski definition) is 2. The minimum absolute atomic E-state index is 0.0259. The number of nitrogens with zero attached hydrogens (tertiary/aromatic N) is 1. The predicted octanol–water partition coefficient (Wildman–Crippen LogP) is 0.279. The van der Waals surface area contributed by atoms with E-state index >= 15 is 0 Å². The van der Waals surface area contributed by atoms with E-state index in [0.717, 1.165) is 12.6 Å². The van der Waals surface area contributed by atoms with Crippen molar-refractivity contribution in [3.05, 3.63) is 18.3 Å². The molecular formula is C13H18N2O5S2. The molecule has 1 unspecified atom stereocenters. The maximum absolute atomic E-state index is 12.3. The smallest absolute Gasteiger partial charge is 0.258 e. The summed E-state index contributed by atoms with van der Waals surface area (Å²) in [6.45, 7) is 0. The van der Waals surface area contributed by atoms with Crippen molar-refractivity contribution < 1.29 is 21.9 Å². The van der Waals surface area contributed by atoms with Crippen LogP contribution in [0.3, 0.4) is 0 Å². The number of aromatic hydroxyl groups is 1. The fraction of sp³-hybridized carbons (Fsp3) is 0.615. The van der Waals surface area contributed by atoms with E-state index in [4.69, 9.17) is 5.11 Å². The molecule has 1 aliphatic carbocycles. The summed E-state index contributed by atoms with van der Waals surface area (Å²) in [6.07, 6.45) is 3.01. The highest BCUT2D eigenvalue weighted by Gasteiger charge is 2.39. The fourth-order valence-corrected chi connectivity index (χ4v) is 6.84. The first-order valence-corrected chi connectivity index (χ1v) is 10.4. The number of aromatic nitrogens is 1. The molecule has 2 fully saturated rings. The molecule has 1 saturated heterocycles. The van der Waals surface area contributed by atoms with Crippen molar-refractivity contribution in [2.24, 2.45) is 11.8 Å². The molecule has 9 heteroatoms. The van der Waals surface area contributed by atoms with Crippen LogP contribution < -0.4 is 4.72 Å². The molecule has 0 aromatic carbocycles. The van der Waals surface area contributed by atoms with Crippen molar-refractivity contribution in [2.75, 3.05) is 11.5 Å². The molecule has 0 amide bonds. The lowest BCUT2D eigenvalue weighted by Crippen LogP contribution is -2.46. The molecule has 1 aromatic heterocycles. The van der Waals surface area contributed by atoms with Crippen LogP contribution in [0.1, 0.15) is 19.3 Å². The van der Waals surface area contributed by atoms with Crippen LogP contribution in [-0.4, -0.2) is 44.5 Å². The highest BCUT2D eigenvalue weighted by atomic mass is 32.2. The van der Waals surface area contributed by atoms with Crippen molar-refractivity contribution in [2.45, 2.75) is 30.3 Å². The molecule has 7 nitrogen and oxygen atoms in total. The Labute approximate surface area is 129 Å². The van der Waals surface area contributed by atoms with E-state index in [1.807, 2.05) is 0 Å². The molecule has 2 aliphatic rings. The lowest BCUT2D eigenvalue weighted by Gasteiger charge is -2.38. The second kappa shape index (κ2) is 5.47. The molecule has 2 N–H and O–H groups in total. The Balaban J connectivity index is 1.73. The Morgan fingerprint density at radius 1 is 1.14 bits per heavy atom. The zero-order valence-electron chi connectivity index (χ0n) is 11.8.